The van der Waals surface area contributed by atoms with Crippen molar-refractivity contribution in [2.75, 3.05) is 19.1 Å². The number of ether oxygens (including phenoxy) is 2. The van der Waals surface area contributed by atoms with Crippen molar-refractivity contribution in [3.05, 3.63) is 87.4 Å². The van der Waals surface area contributed by atoms with E-state index in [9.17, 15) is 14.9 Å². The summed E-state index contributed by atoms with van der Waals surface area (Å²) in [7, 11) is 2.49. The Hall–Kier alpha value is -4.05. The first kappa shape index (κ1) is 24.6. The molecule has 2 aromatic rings. The Balaban J connectivity index is 2.51. The quantitative estimate of drug-likeness (QED) is 0.651. The Labute approximate surface area is 200 Å². The maximum atomic E-state index is 13.3. The summed E-state index contributed by atoms with van der Waals surface area (Å²) in [6, 6.07) is 15.2. The number of hydrogen-bond acceptors (Lipinski definition) is 7. The van der Waals surface area contributed by atoms with E-state index in [1.54, 1.807) is 24.3 Å². The molecule has 1 aliphatic heterocycles. The van der Waals surface area contributed by atoms with Gasteiger partial charge in [-0.25, -0.2) is 9.59 Å². The van der Waals surface area contributed by atoms with E-state index in [1.165, 1.54) is 19.1 Å². The zero-order chi connectivity index (χ0) is 25.0. The number of hydrogen-bond donors (Lipinski definition) is 1. The summed E-state index contributed by atoms with van der Waals surface area (Å²) in [4.78, 5) is 28.0. The molecule has 0 aliphatic carbocycles. The molecule has 0 aromatic heterocycles. The average Bonchev–Trinajstić information content (AvgIpc) is 2.87. The zero-order valence-electron chi connectivity index (χ0n) is 20.1. The zero-order valence-corrected chi connectivity index (χ0v) is 20.1. The van der Waals surface area contributed by atoms with Crippen molar-refractivity contribution in [3.8, 4) is 6.07 Å². The first-order valence-corrected chi connectivity index (χ1v) is 11.1. The van der Waals surface area contributed by atoms with Gasteiger partial charge in [0.1, 0.15) is 11.5 Å². The van der Waals surface area contributed by atoms with Gasteiger partial charge in [-0.1, -0.05) is 61.9 Å². The van der Waals surface area contributed by atoms with Crippen molar-refractivity contribution in [2.45, 2.75) is 39.5 Å². The number of anilines is 1. The number of nitrogens with two attached hydrogens (primary N) is 1. The minimum atomic E-state index is -0.885. The first-order chi connectivity index (χ1) is 16.3. The SMILES string of the molecule is CCc1cc(C)cc(CC)c1N1C(N)=C(C#N)C(c2ccccc2)C(C(=O)OC)=C1C(=O)OC. The summed E-state index contributed by atoms with van der Waals surface area (Å²) in [6.45, 7) is 6.01. The molecular weight excluding hydrogens is 430 g/mol. The van der Waals surface area contributed by atoms with Crippen molar-refractivity contribution < 1.29 is 19.1 Å². The number of nitriles is 1. The second kappa shape index (κ2) is 10.3. The van der Waals surface area contributed by atoms with Crippen LogP contribution in [-0.4, -0.2) is 26.2 Å². The molecule has 0 bridgehead atoms. The van der Waals surface area contributed by atoms with Crippen LogP contribution in [-0.2, 0) is 31.9 Å². The average molecular weight is 460 g/mol. The van der Waals surface area contributed by atoms with Crippen LogP contribution in [0.2, 0.25) is 0 Å². The monoisotopic (exact) mass is 459 g/mol. The van der Waals surface area contributed by atoms with Gasteiger partial charge in [-0.15, -0.1) is 0 Å². The second-order valence-corrected chi connectivity index (χ2v) is 7.97. The van der Waals surface area contributed by atoms with Gasteiger partial charge in [-0.3, -0.25) is 4.90 Å². The third-order valence-electron chi connectivity index (χ3n) is 6.01. The largest absolute Gasteiger partial charge is 0.466 e. The molecule has 1 aliphatic rings. The molecule has 0 spiro atoms. The molecule has 0 fully saturated rings. The number of benzene rings is 2. The summed E-state index contributed by atoms with van der Waals surface area (Å²) < 4.78 is 10.2. The van der Waals surface area contributed by atoms with Gasteiger partial charge in [0, 0.05) is 0 Å². The van der Waals surface area contributed by atoms with E-state index >= 15 is 0 Å². The van der Waals surface area contributed by atoms with Gasteiger partial charge < -0.3 is 15.2 Å². The first-order valence-electron chi connectivity index (χ1n) is 11.1. The molecule has 2 aromatic carbocycles. The van der Waals surface area contributed by atoms with Crippen molar-refractivity contribution in [1.29, 1.82) is 5.26 Å². The fourth-order valence-electron chi connectivity index (χ4n) is 4.51. The van der Waals surface area contributed by atoms with Crippen LogP contribution in [0.4, 0.5) is 5.69 Å². The van der Waals surface area contributed by atoms with Crippen LogP contribution in [0.1, 0.15) is 42.0 Å². The molecule has 2 N–H and O–H groups in total. The standard InChI is InChI=1S/C27H29N3O4/c1-6-17-13-16(3)14-18(7-2)23(17)30-24(27(32)34-5)22(26(31)33-4)21(20(15-28)25(30)29)19-11-9-8-10-12-19/h8-14,21H,6-7,29H2,1-5H3. The van der Waals surface area contributed by atoms with Crippen LogP contribution < -0.4 is 10.6 Å². The van der Waals surface area contributed by atoms with Gasteiger partial charge in [-0.2, -0.15) is 5.26 Å². The normalized spacial score (nSPS) is 15.8. The number of nitrogens with zero attached hydrogens (tertiary/aromatic N) is 2. The summed E-state index contributed by atoms with van der Waals surface area (Å²) in [5.41, 5.74) is 11.0. The van der Waals surface area contributed by atoms with Gasteiger partial charge in [0.2, 0.25) is 0 Å². The van der Waals surface area contributed by atoms with Gasteiger partial charge in [0.25, 0.3) is 0 Å². The smallest absolute Gasteiger partial charge is 0.355 e. The Morgan fingerprint density at radius 1 is 1.03 bits per heavy atom. The van der Waals surface area contributed by atoms with Crippen LogP contribution in [0.5, 0.6) is 0 Å². The van der Waals surface area contributed by atoms with E-state index in [2.05, 4.69) is 6.07 Å². The summed E-state index contributed by atoms with van der Waals surface area (Å²) in [6.07, 6.45) is 1.31. The number of allylic oxidation sites excluding steroid dienone is 1. The lowest BCUT2D eigenvalue weighted by Gasteiger charge is -2.37. The number of esters is 2. The van der Waals surface area contributed by atoms with Crippen molar-refractivity contribution in [3.63, 3.8) is 0 Å². The molecule has 0 saturated carbocycles. The van der Waals surface area contributed by atoms with E-state index in [0.29, 0.717) is 24.1 Å². The van der Waals surface area contributed by atoms with Crippen LogP contribution in [0.15, 0.2) is 65.1 Å². The van der Waals surface area contributed by atoms with Crippen LogP contribution in [0.3, 0.4) is 0 Å². The molecule has 7 heteroatoms. The maximum Gasteiger partial charge on any atom is 0.355 e. The molecule has 34 heavy (non-hydrogen) atoms. The minimum absolute atomic E-state index is 0.0102. The lowest BCUT2D eigenvalue weighted by Crippen LogP contribution is -2.41. The number of aryl methyl sites for hydroxylation is 3. The number of methoxy groups -OCH3 is 2. The van der Waals surface area contributed by atoms with Crippen LogP contribution in [0, 0.1) is 18.3 Å². The van der Waals surface area contributed by atoms with Gasteiger partial charge in [0.15, 0.2) is 0 Å². The Morgan fingerprint density at radius 3 is 2.06 bits per heavy atom. The predicted octanol–water partition coefficient (Wildman–Crippen LogP) is 4.02. The molecule has 3 rings (SSSR count). The Morgan fingerprint density at radius 2 is 1.59 bits per heavy atom. The van der Waals surface area contributed by atoms with Crippen molar-refractivity contribution >= 4 is 17.6 Å². The highest BCUT2D eigenvalue weighted by Gasteiger charge is 2.43. The highest BCUT2D eigenvalue weighted by Crippen LogP contribution is 2.45. The molecule has 1 unspecified atom stereocenters. The van der Waals surface area contributed by atoms with Gasteiger partial charge in [-0.05, 0) is 36.5 Å². The molecule has 176 valence electrons. The van der Waals surface area contributed by atoms with E-state index in [-0.39, 0.29) is 22.7 Å². The Bertz CT molecular complexity index is 1200. The van der Waals surface area contributed by atoms with Gasteiger partial charge >= 0.3 is 11.9 Å². The van der Waals surface area contributed by atoms with Gasteiger partial charge in [0.05, 0.1) is 43.0 Å². The predicted molar refractivity (Wildman–Crippen MR) is 129 cm³/mol. The Kier molecular flexibility index (Phi) is 7.42. The van der Waals surface area contributed by atoms with E-state index in [4.69, 9.17) is 15.2 Å². The number of rotatable bonds is 6. The maximum absolute atomic E-state index is 13.3. The topological polar surface area (TPSA) is 106 Å². The summed E-state index contributed by atoms with van der Waals surface area (Å²) in [5.74, 6) is -2.28. The molecule has 0 amide bonds. The number of carbonyl (C=O) groups excluding carboxylic acids is 2. The highest BCUT2D eigenvalue weighted by molar-refractivity contribution is 6.06. The third kappa shape index (κ3) is 4.15. The minimum Gasteiger partial charge on any atom is -0.466 e. The lowest BCUT2D eigenvalue weighted by atomic mass is 9.80. The molecule has 0 radical (unpaired) electrons. The van der Waals surface area contributed by atoms with E-state index in [0.717, 1.165) is 16.7 Å². The highest BCUT2D eigenvalue weighted by atomic mass is 16.5. The molecule has 7 nitrogen and oxygen atoms in total. The number of carbonyl (C=O) groups is 2. The fraction of sp³-hybridized carbons (Fsp3) is 0.296. The van der Waals surface area contributed by atoms with Crippen molar-refractivity contribution in [2.24, 2.45) is 5.73 Å². The molecule has 1 heterocycles. The van der Waals surface area contributed by atoms with Crippen LogP contribution in [0.25, 0.3) is 0 Å². The molecule has 1 atom stereocenters. The van der Waals surface area contributed by atoms with E-state index < -0.39 is 17.9 Å². The molecular formula is C27H29N3O4. The summed E-state index contributed by atoms with van der Waals surface area (Å²) in [5, 5.41) is 10.2. The second-order valence-electron chi connectivity index (χ2n) is 7.97. The van der Waals surface area contributed by atoms with E-state index in [1.807, 2.05) is 39.0 Å². The summed E-state index contributed by atoms with van der Waals surface area (Å²) >= 11 is 0. The fourth-order valence-corrected chi connectivity index (χ4v) is 4.51. The lowest BCUT2D eigenvalue weighted by molar-refractivity contribution is -0.139. The van der Waals surface area contributed by atoms with Crippen molar-refractivity contribution in [1.82, 2.24) is 0 Å². The third-order valence-corrected chi connectivity index (χ3v) is 6.01. The molecule has 0 saturated heterocycles. The van der Waals surface area contributed by atoms with Crippen LogP contribution >= 0.6 is 0 Å².